The van der Waals surface area contributed by atoms with Gasteiger partial charge in [0, 0.05) is 58.1 Å². The van der Waals surface area contributed by atoms with Crippen LogP contribution in [0.4, 0.5) is 5.82 Å². The highest BCUT2D eigenvalue weighted by atomic mass is 16.2. The van der Waals surface area contributed by atoms with E-state index < -0.39 is 12.1 Å². The number of nitrogens with one attached hydrogen (secondary N) is 2. The molecule has 0 bridgehead atoms. The number of hydrogen-bond donors (Lipinski definition) is 3. The van der Waals surface area contributed by atoms with Crippen LogP contribution in [0.25, 0.3) is 11.0 Å². The maximum atomic E-state index is 13.4. The number of nitrogens with two attached hydrogens (primary N) is 1. The van der Waals surface area contributed by atoms with Crippen LogP contribution < -0.4 is 16.4 Å². The van der Waals surface area contributed by atoms with Gasteiger partial charge in [0.15, 0.2) is 0 Å². The summed E-state index contributed by atoms with van der Waals surface area (Å²) in [5, 5.41) is 14.4. The summed E-state index contributed by atoms with van der Waals surface area (Å²) in [6.07, 6.45) is 7.60. The van der Waals surface area contributed by atoms with E-state index in [4.69, 9.17) is 5.73 Å². The highest BCUT2D eigenvalue weighted by molar-refractivity contribution is 5.91. The van der Waals surface area contributed by atoms with E-state index in [-0.39, 0.29) is 49.7 Å². The zero-order chi connectivity index (χ0) is 27.4. The summed E-state index contributed by atoms with van der Waals surface area (Å²) >= 11 is 0. The van der Waals surface area contributed by atoms with E-state index in [1.807, 2.05) is 30.1 Å². The second-order valence-corrected chi connectivity index (χ2v) is 10.2. The Hall–Kier alpha value is -4.13. The van der Waals surface area contributed by atoms with Crippen LogP contribution in [0, 0.1) is 0 Å². The van der Waals surface area contributed by atoms with Crippen LogP contribution in [0.1, 0.15) is 37.7 Å². The monoisotopic (exact) mass is 534 g/mol. The van der Waals surface area contributed by atoms with E-state index >= 15 is 0 Å². The topological polar surface area (TPSA) is 164 Å². The molecule has 13 nitrogen and oxygen atoms in total. The Morgan fingerprint density at radius 3 is 2.77 bits per heavy atom. The molecule has 0 radical (unpaired) electrons. The first-order valence-electron chi connectivity index (χ1n) is 13.3. The van der Waals surface area contributed by atoms with Crippen LogP contribution in [-0.4, -0.2) is 90.2 Å². The van der Waals surface area contributed by atoms with E-state index in [1.54, 1.807) is 23.3 Å². The SMILES string of the molecule is Cn1nnc2cc(CNC(=O)[C@@H]3C[C@H](Nc4cnccn4)CN3C(=O)[C@H](N)CCC(=O)N3CCCC3)ccc21. The van der Waals surface area contributed by atoms with Gasteiger partial charge in [0.05, 0.1) is 17.8 Å². The number of aryl methyl sites for hydroxylation is 1. The molecular formula is C26H34N10O3. The molecule has 2 aromatic heterocycles. The third-order valence-corrected chi connectivity index (χ3v) is 7.39. The Morgan fingerprint density at radius 1 is 1.18 bits per heavy atom. The van der Waals surface area contributed by atoms with Crippen molar-refractivity contribution in [2.75, 3.05) is 25.0 Å². The molecular weight excluding hydrogens is 500 g/mol. The third-order valence-electron chi connectivity index (χ3n) is 7.39. The minimum Gasteiger partial charge on any atom is -0.364 e. The van der Waals surface area contributed by atoms with Gasteiger partial charge in [-0.1, -0.05) is 11.3 Å². The van der Waals surface area contributed by atoms with Crippen molar-refractivity contribution in [1.82, 2.24) is 40.1 Å². The molecule has 3 amide bonds. The van der Waals surface area contributed by atoms with Gasteiger partial charge in [0.1, 0.15) is 17.4 Å². The fourth-order valence-corrected chi connectivity index (χ4v) is 5.26. The number of amides is 3. The van der Waals surface area contributed by atoms with Crippen LogP contribution in [0.2, 0.25) is 0 Å². The van der Waals surface area contributed by atoms with E-state index in [1.165, 1.54) is 4.90 Å². The Kier molecular flexibility index (Phi) is 7.96. The molecule has 0 aliphatic carbocycles. The number of hydrogen-bond acceptors (Lipinski definition) is 9. The number of carbonyl (C=O) groups is 3. The maximum absolute atomic E-state index is 13.4. The van der Waals surface area contributed by atoms with E-state index in [2.05, 4.69) is 30.9 Å². The Balaban J connectivity index is 1.24. The van der Waals surface area contributed by atoms with Gasteiger partial charge in [-0.25, -0.2) is 9.67 Å². The standard InChI is InChI=1S/C26H34N10O3/c1-34-21-6-4-17(12-20(21)32-33-34)14-30-25(38)22-13-18(31-23-15-28-8-9-29-23)16-36(22)26(39)19(27)5-7-24(37)35-10-2-3-11-35/h4,6,8-9,12,15,18-19,22H,2-3,5,7,10-11,13-14,16,27H2,1H3,(H,29,31)(H,30,38)/t18-,19+,22-/m0/s1. The predicted octanol–water partition coefficient (Wildman–Crippen LogP) is 0.186. The zero-order valence-electron chi connectivity index (χ0n) is 22.0. The molecule has 13 heteroatoms. The van der Waals surface area contributed by atoms with Gasteiger partial charge in [-0.15, -0.1) is 5.10 Å². The van der Waals surface area contributed by atoms with Crippen molar-refractivity contribution in [1.29, 1.82) is 0 Å². The van der Waals surface area contributed by atoms with Crippen LogP contribution in [0.5, 0.6) is 0 Å². The molecule has 206 valence electrons. The van der Waals surface area contributed by atoms with Gasteiger partial charge in [0.2, 0.25) is 17.7 Å². The second-order valence-electron chi connectivity index (χ2n) is 10.2. The van der Waals surface area contributed by atoms with Gasteiger partial charge in [-0.05, 0) is 43.4 Å². The van der Waals surface area contributed by atoms with Gasteiger partial charge >= 0.3 is 0 Å². The van der Waals surface area contributed by atoms with Crippen molar-refractivity contribution in [3.63, 3.8) is 0 Å². The van der Waals surface area contributed by atoms with E-state index in [9.17, 15) is 14.4 Å². The number of carbonyl (C=O) groups excluding carboxylic acids is 3. The molecule has 39 heavy (non-hydrogen) atoms. The summed E-state index contributed by atoms with van der Waals surface area (Å²) < 4.78 is 1.69. The molecule has 4 N–H and O–H groups in total. The average Bonchev–Trinajstić information content (AvgIpc) is 3.71. The molecule has 3 aromatic rings. The fraction of sp³-hybridized carbons (Fsp3) is 0.500. The minimum atomic E-state index is -0.874. The molecule has 2 aliphatic rings. The highest BCUT2D eigenvalue weighted by Crippen LogP contribution is 2.23. The first kappa shape index (κ1) is 26.5. The van der Waals surface area contributed by atoms with Crippen molar-refractivity contribution in [3.05, 3.63) is 42.4 Å². The van der Waals surface area contributed by atoms with Crippen molar-refractivity contribution >= 4 is 34.6 Å². The number of fused-ring (bicyclic) bond motifs is 1. The summed E-state index contributed by atoms with van der Waals surface area (Å²) in [4.78, 5) is 50.9. The Labute approximate surface area is 226 Å². The molecule has 2 fully saturated rings. The number of benzene rings is 1. The third kappa shape index (κ3) is 6.14. The normalized spacial score (nSPS) is 19.8. The van der Waals surface area contributed by atoms with Crippen LogP contribution in [0.15, 0.2) is 36.8 Å². The van der Waals surface area contributed by atoms with Crippen molar-refractivity contribution in [2.24, 2.45) is 12.8 Å². The molecule has 5 rings (SSSR count). The molecule has 2 aliphatic heterocycles. The summed E-state index contributed by atoms with van der Waals surface area (Å²) in [5.41, 5.74) is 8.78. The van der Waals surface area contributed by atoms with Crippen molar-refractivity contribution in [2.45, 2.75) is 56.8 Å². The molecule has 4 heterocycles. The maximum Gasteiger partial charge on any atom is 0.243 e. The minimum absolute atomic E-state index is 0.0220. The molecule has 0 unspecified atom stereocenters. The molecule has 2 saturated heterocycles. The number of anilines is 1. The second kappa shape index (κ2) is 11.7. The van der Waals surface area contributed by atoms with E-state index in [0.29, 0.717) is 12.2 Å². The number of nitrogens with zero attached hydrogens (tertiary/aromatic N) is 7. The smallest absolute Gasteiger partial charge is 0.243 e. The molecule has 0 saturated carbocycles. The lowest BCUT2D eigenvalue weighted by Crippen LogP contribution is -2.51. The Morgan fingerprint density at radius 2 is 2.00 bits per heavy atom. The lowest BCUT2D eigenvalue weighted by Gasteiger charge is -2.27. The number of likely N-dealkylation sites (tertiary alicyclic amines) is 2. The molecule has 0 spiro atoms. The fourth-order valence-electron chi connectivity index (χ4n) is 5.26. The van der Waals surface area contributed by atoms with Gasteiger partial charge in [-0.2, -0.15) is 0 Å². The molecule has 3 atom stereocenters. The summed E-state index contributed by atoms with van der Waals surface area (Å²) in [7, 11) is 1.82. The van der Waals surface area contributed by atoms with Crippen LogP contribution in [-0.2, 0) is 28.0 Å². The predicted molar refractivity (Wildman–Crippen MR) is 143 cm³/mol. The van der Waals surface area contributed by atoms with Crippen molar-refractivity contribution < 1.29 is 14.4 Å². The Bertz CT molecular complexity index is 1320. The largest absolute Gasteiger partial charge is 0.364 e. The quantitative estimate of drug-likeness (QED) is 0.347. The molecule has 1 aromatic carbocycles. The number of aromatic nitrogens is 5. The summed E-state index contributed by atoms with van der Waals surface area (Å²) in [6, 6.07) is 3.90. The van der Waals surface area contributed by atoms with Crippen molar-refractivity contribution in [3.8, 4) is 0 Å². The summed E-state index contributed by atoms with van der Waals surface area (Å²) in [5.74, 6) is -0.0253. The van der Waals surface area contributed by atoms with Crippen LogP contribution >= 0.6 is 0 Å². The average molecular weight is 535 g/mol. The first-order chi connectivity index (χ1) is 18.9. The lowest BCUT2D eigenvalue weighted by atomic mass is 10.1. The zero-order valence-corrected chi connectivity index (χ0v) is 22.0. The van der Waals surface area contributed by atoms with Crippen LogP contribution in [0.3, 0.4) is 0 Å². The summed E-state index contributed by atoms with van der Waals surface area (Å²) in [6.45, 7) is 2.08. The lowest BCUT2D eigenvalue weighted by molar-refractivity contribution is -0.140. The number of rotatable bonds is 9. The highest BCUT2D eigenvalue weighted by Gasteiger charge is 2.41. The van der Waals surface area contributed by atoms with E-state index in [0.717, 1.165) is 42.5 Å². The van der Waals surface area contributed by atoms with Gasteiger partial charge in [-0.3, -0.25) is 19.4 Å². The van der Waals surface area contributed by atoms with Gasteiger partial charge in [0.25, 0.3) is 0 Å². The first-order valence-corrected chi connectivity index (χ1v) is 13.3. The van der Waals surface area contributed by atoms with Gasteiger partial charge < -0.3 is 26.2 Å².